The Morgan fingerprint density at radius 1 is 1.26 bits per heavy atom. The molecular weight excluding hydrogens is 376 g/mol. The predicted octanol–water partition coefficient (Wildman–Crippen LogP) is 3.83. The SMILES string of the molecule is CN(C)C(=O)N[C@H](Nc1ccc(Br)cc1)C(Cl)(Cl)Cl. The quantitative estimate of drug-likeness (QED) is 0.610. The van der Waals surface area contributed by atoms with E-state index >= 15 is 0 Å². The van der Waals surface area contributed by atoms with Gasteiger partial charge >= 0.3 is 6.03 Å². The number of rotatable bonds is 3. The fraction of sp³-hybridized carbons (Fsp3) is 0.364. The minimum Gasteiger partial charge on any atom is -0.362 e. The van der Waals surface area contributed by atoms with E-state index in [0.717, 1.165) is 10.2 Å². The Hall–Kier alpha value is -0.360. The van der Waals surface area contributed by atoms with E-state index in [1.54, 1.807) is 26.2 Å². The van der Waals surface area contributed by atoms with Crippen molar-refractivity contribution in [1.29, 1.82) is 0 Å². The lowest BCUT2D eigenvalue weighted by Gasteiger charge is -2.28. The molecule has 19 heavy (non-hydrogen) atoms. The normalized spacial score (nSPS) is 12.7. The molecule has 2 N–H and O–H groups in total. The third-order valence-corrected chi connectivity index (χ3v) is 3.34. The predicted molar refractivity (Wildman–Crippen MR) is 84.1 cm³/mol. The molecular formula is C11H13BrCl3N3O. The summed E-state index contributed by atoms with van der Waals surface area (Å²) >= 11 is 20.9. The van der Waals surface area contributed by atoms with Crippen molar-refractivity contribution in [3.05, 3.63) is 28.7 Å². The van der Waals surface area contributed by atoms with Gasteiger partial charge in [0, 0.05) is 24.3 Å². The van der Waals surface area contributed by atoms with E-state index in [1.165, 1.54) is 4.90 Å². The molecule has 1 atom stereocenters. The van der Waals surface area contributed by atoms with Gasteiger partial charge in [-0.3, -0.25) is 0 Å². The van der Waals surface area contributed by atoms with Gasteiger partial charge in [-0.05, 0) is 24.3 Å². The largest absolute Gasteiger partial charge is 0.362 e. The number of alkyl halides is 3. The number of benzene rings is 1. The lowest BCUT2D eigenvalue weighted by molar-refractivity contribution is 0.214. The molecule has 0 aliphatic heterocycles. The van der Waals surface area contributed by atoms with E-state index < -0.39 is 9.96 Å². The number of nitrogens with one attached hydrogen (secondary N) is 2. The van der Waals surface area contributed by atoms with Gasteiger partial charge in [0.25, 0.3) is 0 Å². The van der Waals surface area contributed by atoms with Gasteiger partial charge in [0.05, 0.1) is 0 Å². The van der Waals surface area contributed by atoms with Crippen LogP contribution >= 0.6 is 50.7 Å². The Balaban J connectivity index is 2.81. The first-order valence-electron chi connectivity index (χ1n) is 5.27. The highest BCUT2D eigenvalue weighted by atomic mass is 79.9. The number of urea groups is 1. The summed E-state index contributed by atoms with van der Waals surface area (Å²) in [5, 5.41) is 5.54. The summed E-state index contributed by atoms with van der Waals surface area (Å²) < 4.78 is -0.750. The van der Waals surface area contributed by atoms with E-state index in [0.29, 0.717) is 0 Å². The monoisotopic (exact) mass is 387 g/mol. The van der Waals surface area contributed by atoms with Crippen molar-refractivity contribution in [2.45, 2.75) is 9.96 Å². The highest BCUT2D eigenvalue weighted by Crippen LogP contribution is 2.31. The number of nitrogens with zero attached hydrogens (tertiary/aromatic N) is 1. The minimum atomic E-state index is -1.68. The average molecular weight is 390 g/mol. The standard InChI is InChI=1S/C11H13BrCl3N3O/c1-18(2)10(19)17-9(11(13,14)15)16-8-5-3-7(12)4-6-8/h3-6,9,16H,1-2H3,(H,17,19)/t9-/m0/s1. The molecule has 1 aromatic carbocycles. The molecule has 1 rings (SSSR count). The lowest BCUT2D eigenvalue weighted by Crippen LogP contribution is -2.52. The molecule has 0 aliphatic rings. The first kappa shape index (κ1) is 16.7. The number of halogens is 4. The second-order valence-electron chi connectivity index (χ2n) is 3.97. The highest BCUT2D eigenvalue weighted by Gasteiger charge is 2.34. The zero-order valence-corrected chi connectivity index (χ0v) is 14.1. The fourth-order valence-electron chi connectivity index (χ4n) is 1.17. The molecule has 0 unspecified atom stereocenters. The minimum absolute atomic E-state index is 0.360. The van der Waals surface area contributed by atoms with Gasteiger partial charge in [0.2, 0.25) is 3.79 Å². The first-order valence-corrected chi connectivity index (χ1v) is 7.19. The maximum atomic E-state index is 11.6. The van der Waals surface area contributed by atoms with Crippen LogP contribution in [-0.2, 0) is 0 Å². The van der Waals surface area contributed by atoms with Crippen molar-refractivity contribution in [2.75, 3.05) is 19.4 Å². The molecule has 0 heterocycles. The van der Waals surface area contributed by atoms with Crippen LogP contribution in [0.15, 0.2) is 28.7 Å². The van der Waals surface area contributed by atoms with Crippen LogP contribution in [-0.4, -0.2) is 35.0 Å². The zero-order valence-electron chi connectivity index (χ0n) is 10.3. The Morgan fingerprint density at radius 2 is 1.79 bits per heavy atom. The summed E-state index contributed by atoms with van der Waals surface area (Å²) in [6.45, 7) is 0. The fourth-order valence-corrected chi connectivity index (χ4v) is 1.76. The van der Waals surface area contributed by atoms with Gasteiger partial charge in [-0.15, -0.1) is 0 Å². The molecule has 0 aliphatic carbocycles. The maximum Gasteiger partial charge on any atom is 0.318 e. The summed E-state index contributed by atoms with van der Waals surface area (Å²) in [4.78, 5) is 13.0. The van der Waals surface area contributed by atoms with Crippen molar-refractivity contribution in [2.24, 2.45) is 0 Å². The number of hydrogen-bond acceptors (Lipinski definition) is 2. The van der Waals surface area contributed by atoms with E-state index in [1.807, 2.05) is 12.1 Å². The van der Waals surface area contributed by atoms with Crippen LogP contribution in [0, 0.1) is 0 Å². The van der Waals surface area contributed by atoms with Crippen LogP contribution in [0.3, 0.4) is 0 Å². The Bertz CT molecular complexity index is 434. The van der Waals surface area contributed by atoms with E-state index in [-0.39, 0.29) is 6.03 Å². The van der Waals surface area contributed by atoms with Gasteiger partial charge in [-0.2, -0.15) is 0 Å². The topological polar surface area (TPSA) is 44.4 Å². The summed E-state index contributed by atoms with van der Waals surface area (Å²) in [6, 6.07) is 6.92. The molecule has 106 valence electrons. The molecule has 0 aromatic heterocycles. The van der Waals surface area contributed by atoms with Crippen LogP contribution in [0.2, 0.25) is 0 Å². The average Bonchev–Trinajstić information content (AvgIpc) is 2.29. The van der Waals surface area contributed by atoms with Crippen LogP contribution < -0.4 is 10.6 Å². The van der Waals surface area contributed by atoms with Gasteiger partial charge in [-0.1, -0.05) is 50.7 Å². The van der Waals surface area contributed by atoms with Crippen LogP contribution in [0.25, 0.3) is 0 Å². The van der Waals surface area contributed by atoms with Crippen molar-refractivity contribution < 1.29 is 4.79 Å². The second-order valence-corrected chi connectivity index (χ2v) is 7.25. The number of carbonyl (C=O) groups excluding carboxylic acids is 1. The molecule has 8 heteroatoms. The van der Waals surface area contributed by atoms with Gasteiger partial charge in [0.15, 0.2) is 0 Å². The number of hydrogen-bond donors (Lipinski definition) is 2. The van der Waals surface area contributed by atoms with E-state index in [9.17, 15) is 4.79 Å². The van der Waals surface area contributed by atoms with Crippen molar-refractivity contribution in [3.8, 4) is 0 Å². The number of anilines is 1. The Labute approximate surface area is 135 Å². The first-order chi connectivity index (χ1) is 8.70. The molecule has 0 bridgehead atoms. The molecule has 0 radical (unpaired) electrons. The summed E-state index contributed by atoms with van der Waals surface area (Å²) in [5.41, 5.74) is 0.721. The van der Waals surface area contributed by atoms with Crippen LogP contribution in [0.5, 0.6) is 0 Å². The van der Waals surface area contributed by atoms with Crippen molar-refractivity contribution >= 4 is 62.5 Å². The van der Waals surface area contributed by atoms with Gasteiger partial charge in [0.1, 0.15) is 6.17 Å². The lowest BCUT2D eigenvalue weighted by atomic mass is 10.3. The number of carbonyl (C=O) groups is 1. The Morgan fingerprint density at radius 3 is 2.21 bits per heavy atom. The second kappa shape index (κ2) is 6.88. The summed E-state index contributed by atoms with van der Waals surface area (Å²) in [5.74, 6) is 0. The molecule has 0 saturated carbocycles. The maximum absolute atomic E-state index is 11.6. The van der Waals surface area contributed by atoms with E-state index in [4.69, 9.17) is 34.8 Å². The molecule has 4 nitrogen and oxygen atoms in total. The molecule has 0 saturated heterocycles. The Kier molecular flexibility index (Phi) is 6.05. The highest BCUT2D eigenvalue weighted by molar-refractivity contribution is 9.10. The smallest absolute Gasteiger partial charge is 0.318 e. The van der Waals surface area contributed by atoms with Crippen molar-refractivity contribution in [3.63, 3.8) is 0 Å². The van der Waals surface area contributed by atoms with Crippen LogP contribution in [0.4, 0.5) is 10.5 Å². The summed E-state index contributed by atoms with van der Waals surface area (Å²) in [7, 11) is 3.20. The molecule has 0 fully saturated rings. The molecule has 2 amide bonds. The zero-order chi connectivity index (χ0) is 14.6. The van der Waals surface area contributed by atoms with E-state index in [2.05, 4.69) is 26.6 Å². The van der Waals surface area contributed by atoms with Gasteiger partial charge in [-0.25, -0.2) is 4.79 Å². The number of amides is 2. The van der Waals surface area contributed by atoms with Gasteiger partial charge < -0.3 is 15.5 Å². The third kappa shape index (κ3) is 5.65. The third-order valence-electron chi connectivity index (χ3n) is 2.16. The summed E-state index contributed by atoms with van der Waals surface area (Å²) in [6.07, 6.45) is -0.853. The van der Waals surface area contributed by atoms with Crippen LogP contribution in [0.1, 0.15) is 0 Å². The molecule has 1 aromatic rings. The van der Waals surface area contributed by atoms with Crippen molar-refractivity contribution in [1.82, 2.24) is 10.2 Å². The molecule has 0 spiro atoms.